The van der Waals surface area contributed by atoms with E-state index in [0.717, 1.165) is 25.9 Å². The summed E-state index contributed by atoms with van der Waals surface area (Å²) in [7, 11) is 2.14. The van der Waals surface area contributed by atoms with Crippen molar-refractivity contribution >= 4 is 5.91 Å². The lowest BCUT2D eigenvalue weighted by Gasteiger charge is -2.32. The molecule has 1 amide bonds. The number of rotatable bonds is 4. The number of nitrogens with zero attached hydrogens (tertiary/aromatic N) is 1. The van der Waals surface area contributed by atoms with Gasteiger partial charge in [-0.1, -0.05) is 6.42 Å². The number of likely N-dealkylation sites (N-methyl/N-ethyl adjacent to an activating group) is 1. The predicted octanol–water partition coefficient (Wildman–Crippen LogP) is 0.326. The lowest BCUT2D eigenvalue weighted by Crippen LogP contribution is -2.47. The van der Waals surface area contributed by atoms with Gasteiger partial charge in [0.15, 0.2) is 0 Å². The van der Waals surface area contributed by atoms with Crippen molar-refractivity contribution in [2.75, 3.05) is 26.7 Å². The van der Waals surface area contributed by atoms with Gasteiger partial charge in [-0.25, -0.2) is 0 Å². The summed E-state index contributed by atoms with van der Waals surface area (Å²) >= 11 is 0. The van der Waals surface area contributed by atoms with Gasteiger partial charge < -0.3 is 16.0 Å². The standard InChI is InChI=1S/C12H23N3O/c1-15-7-3-2-4-10(15)8-14-11(16)12(9-13)5-6-12/h10H,2-9,13H2,1H3,(H,14,16). The predicted molar refractivity (Wildman–Crippen MR) is 64.0 cm³/mol. The van der Waals surface area contributed by atoms with Crippen molar-refractivity contribution in [2.45, 2.75) is 38.1 Å². The number of likely N-dealkylation sites (tertiary alicyclic amines) is 1. The number of piperidine rings is 1. The molecule has 16 heavy (non-hydrogen) atoms. The van der Waals surface area contributed by atoms with Gasteiger partial charge in [0, 0.05) is 19.1 Å². The highest BCUT2D eigenvalue weighted by atomic mass is 16.2. The van der Waals surface area contributed by atoms with Gasteiger partial charge in [-0.15, -0.1) is 0 Å². The summed E-state index contributed by atoms with van der Waals surface area (Å²) in [5, 5.41) is 3.08. The molecule has 1 atom stereocenters. The molecule has 1 aliphatic heterocycles. The van der Waals surface area contributed by atoms with E-state index in [4.69, 9.17) is 5.73 Å². The molecule has 0 bridgehead atoms. The van der Waals surface area contributed by atoms with Crippen LogP contribution in [0.15, 0.2) is 0 Å². The van der Waals surface area contributed by atoms with Crippen LogP contribution in [0, 0.1) is 5.41 Å². The van der Waals surface area contributed by atoms with Gasteiger partial charge in [0.25, 0.3) is 0 Å². The van der Waals surface area contributed by atoms with Crippen LogP contribution in [0.2, 0.25) is 0 Å². The largest absolute Gasteiger partial charge is 0.354 e. The van der Waals surface area contributed by atoms with E-state index in [-0.39, 0.29) is 11.3 Å². The number of carbonyl (C=O) groups excluding carboxylic acids is 1. The Morgan fingerprint density at radius 3 is 2.81 bits per heavy atom. The number of hydrogen-bond acceptors (Lipinski definition) is 3. The second kappa shape index (κ2) is 4.72. The van der Waals surface area contributed by atoms with Gasteiger partial charge in [-0.3, -0.25) is 4.79 Å². The Morgan fingerprint density at radius 2 is 2.25 bits per heavy atom. The van der Waals surface area contributed by atoms with Crippen molar-refractivity contribution in [2.24, 2.45) is 11.1 Å². The van der Waals surface area contributed by atoms with Crippen LogP contribution in [-0.2, 0) is 4.79 Å². The fraction of sp³-hybridized carbons (Fsp3) is 0.917. The number of hydrogen-bond donors (Lipinski definition) is 2. The minimum atomic E-state index is -0.201. The minimum Gasteiger partial charge on any atom is -0.354 e. The van der Waals surface area contributed by atoms with Crippen LogP contribution in [0.1, 0.15) is 32.1 Å². The van der Waals surface area contributed by atoms with Crippen LogP contribution >= 0.6 is 0 Å². The Balaban J connectivity index is 1.76. The summed E-state index contributed by atoms with van der Waals surface area (Å²) in [4.78, 5) is 14.3. The van der Waals surface area contributed by atoms with E-state index < -0.39 is 0 Å². The fourth-order valence-corrected chi connectivity index (χ4v) is 2.47. The molecule has 0 aromatic heterocycles. The quantitative estimate of drug-likeness (QED) is 0.725. The Morgan fingerprint density at radius 1 is 1.50 bits per heavy atom. The van der Waals surface area contributed by atoms with Crippen LogP contribution in [0.5, 0.6) is 0 Å². The molecule has 1 aliphatic carbocycles. The molecule has 2 fully saturated rings. The van der Waals surface area contributed by atoms with E-state index in [2.05, 4.69) is 17.3 Å². The van der Waals surface area contributed by atoms with Crippen molar-refractivity contribution in [3.63, 3.8) is 0 Å². The molecule has 4 nitrogen and oxygen atoms in total. The van der Waals surface area contributed by atoms with E-state index in [1.807, 2.05) is 0 Å². The summed E-state index contributed by atoms with van der Waals surface area (Å²) in [5.74, 6) is 0.175. The van der Waals surface area contributed by atoms with Gasteiger partial charge in [-0.2, -0.15) is 0 Å². The summed E-state index contributed by atoms with van der Waals surface area (Å²) < 4.78 is 0. The molecular weight excluding hydrogens is 202 g/mol. The molecule has 1 unspecified atom stereocenters. The molecule has 0 aromatic rings. The van der Waals surface area contributed by atoms with Crippen molar-refractivity contribution in [3.05, 3.63) is 0 Å². The van der Waals surface area contributed by atoms with Crippen molar-refractivity contribution < 1.29 is 4.79 Å². The molecule has 1 saturated heterocycles. The van der Waals surface area contributed by atoms with Crippen LogP contribution in [0.25, 0.3) is 0 Å². The number of nitrogens with one attached hydrogen (secondary N) is 1. The smallest absolute Gasteiger partial charge is 0.227 e. The molecule has 3 N–H and O–H groups in total. The van der Waals surface area contributed by atoms with Gasteiger partial charge in [0.1, 0.15) is 0 Å². The molecule has 2 aliphatic rings. The third-order valence-electron chi connectivity index (χ3n) is 4.15. The zero-order chi connectivity index (χ0) is 11.6. The number of carbonyl (C=O) groups is 1. The molecule has 92 valence electrons. The first-order chi connectivity index (χ1) is 7.68. The second-order valence-electron chi connectivity index (χ2n) is 5.32. The molecule has 4 heteroatoms. The monoisotopic (exact) mass is 225 g/mol. The Hall–Kier alpha value is -0.610. The maximum atomic E-state index is 11.9. The van der Waals surface area contributed by atoms with Gasteiger partial charge in [0.2, 0.25) is 5.91 Å². The van der Waals surface area contributed by atoms with Crippen LogP contribution in [0.3, 0.4) is 0 Å². The van der Waals surface area contributed by atoms with Crippen LogP contribution in [-0.4, -0.2) is 43.5 Å². The highest BCUT2D eigenvalue weighted by Gasteiger charge is 2.48. The third kappa shape index (κ3) is 2.38. The molecule has 0 radical (unpaired) electrons. The Bertz CT molecular complexity index is 263. The summed E-state index contributed by atoms with van der Waals surface area (Å²) in [6.45, 7) is 2.44. The van der Waals surface area contributed by atoms with E-state index in [1.165, 1.54) is 19.3 Å². The zero-order valence-electron chi connectivity index (χ0n) is 10.2. The highest BCUT2D eigenvalue weighted by molar-refractivity contribution is 5.85. The summed E-state index contributed by atoms with van der Waals surface area (Å²) in [5.41, 5.74) is 5.43. The molecule has 1 saturated carbocycles. The number of amides is 1. The maximum Gasteiger partial charge on any atom is 0.227 e. The third-order valence-corrected chi connectivity index (χ3v) is 4.15. The lowest BCUT2D eigenvalue weighted by atomic mass is 10.0. The minimum absolute atomic E-state index is 0.175. The topological polar surface area (TPSA) is 58.4 Å². The first kappa shape index (κ1) is 11.9. The average Bonchev–Trinajstić information content (AvgIpc) is 3.08. The van der Waals surface area contributed by atoms with Crippen LogP contribution in [0.4, 0.5) is 0 Å². The molecule has 0 aromatic carbocycles. The Kier molecular flexibility index (Phi) is 3.50. The van der Waals surface area contributed by atoms with Crippen molar-refractivity contribution in [3.8, 4) is 0 Å². The highest BCUT2D eigenvalue weighted by Crippen LogP contribution is 2.44. The van der Waals surface area contributed by atoms with E-state index in [1.54, 1.807) is 0 Å². The van der Waals surface area contributed by atoms with Crippen molar-refractivity contribution in [1.82, 2.24) is 10.2 Å². The molecular formula is C12H23N3O. The second-order valence-corrected chi connectivity index (χ2v) is 5.32. The number of nitrogens with two attached hydrogens (primary N) is 1. The summed E-state index contributed by atoms with van der Waals surface area (Å²) in [6.07, 6.45) is 5.71. The van der Waals surface area contributed by atoms with E-state index >= 15 is 0 Å². The van der Waals surface area contributed by atoms with Gasteiger partial charge >= 0.3 is 0 Å². The Labute approximate surface area is 97.6 Å². The van der Waals surface area contributed by atoms with Crippen LogP contribution < -0.4 is 11.1 Å². The van der Waals surface area contributed by atoms with Gasteiger partial charge in [-0.05, 0) is 39.3 Å². The SMILES string of the molecule is CN1CCCCC1CNC(=O)C1(CN)CC1. The molecule has 0 spiro atoms. The van der Waals surface area contributed by atoms with E-state index in [9.17, 15) is 4.79 Å². The molecule has 2 rings (SSSR count). The fourth-order valence-electron chi connectivity index (χ4n) is 2.47. The normalized spacial score (nSPS) is 28.8. The first-order valence-electron chi connectivity index (χ1n) is 6.36. The lowest BCUT2D eigenvalue weighted by molar-refractivity contribution is -0.126. The molecule has 1 heterocycles. The maximum absolute atomic E-state index is 11.9. The summed E-state index contributed by atoms with van der Waals surface area (Å²) in [6, 6.07) is 0.520. The van der Waals surface area contributed by atoms with E-state index in [0.29, 0.717) is 12.6 Å². The van der Waals surface area contributed by atoms with Gasteiger partial charge in [0.05, 0.1) is 5.41 Å². The van der Waals surface area contributed by atoms with Crippen molar-refractivity contribution in [1.29, 1.82) is 0 Å². The zero-order valence-corrected chi connectivity index (χ0v) is 10.2. The average molecular weight is 225 g/mol. The first-order valence-corrected chi connectivity index (χ1v) is 6.36.